The quantitative estimate of drug-likeness (QED) is 0.870. The molecule has 2 rings (SSSR count). The van der Waals surface area contributed by atoms with Crippen LogP contribution < -0.4 is 15.2 Å². The standard InChI is InChI=1S/C18H23NO2/c1-4-20-16-7-9-17(10-8-16)21-18-6-5-15(12-14(3)19)13(2)11-18/h5-11,14H,4,12,19H2,1-3H3. The van der Waals surface area contributed by atoms with Gasteiger partial charge in [-0.15, -0.1) is 0 Å². The lowest BCUT2D eigenvalue weighted by Gasteiger charge is -2.12. The summed E-state index contributed by atoms with van der Waals surface area (Å²) in [5, 5.41) is 0. The molecule has 2 N–H and O–H groups in total. The van der Waals surface area contributed by atoms with Crippen molar-refractivity contribution in [3.8, 4) is 17.2 Å². The Balaban J connectivity index is 2.07. The van der Waals surface area contributed by atoms with E-state index in [1.807, 2.05) is 50.2 Å². The Morgan fingerprint density at radius 3 is 2.19 bits per heavy atom. The van der Waals surface area contributed by atoms with Gasteiger partial charge in [0.05, 0.1) is 6.61 Å². The Morgan fingerprint density at radius 1 is 1.00 bits per heavy atom. The predicted octanol–water partition coefficient (Wildman–Crippen LogP) is 4.08. The Bertz CT molecular complexity index is 576. The normalized spacial score (nSPS) is 12.0. The molecule has 0 amide bonds. The van der Waals surface area contributed by atoms with Crippen LogP contribution in [0.4, 0.5) is 0 Å². The minimum Gasteiger partial charge on any atom is -0.494 e. The van der Waals surface area contributed by atoms with Crippen LogP contribution in [-0.4, -0.2) is 12.6 Å². The van der Waals surface area contributed by atoms with Gasteiger partial charge in [-0.1, -0.05) is 6.07 Å². The van der Waals surface area contributed by atoms with Gasteiger partial charge in [-0.25, -0.2) is 0 Å². The zero-order chi connectivity index (χ0) is 15.2. The van der Waals surface area contributed by atoms with Gasteiger partial charge in [0, 0.05) is 6.04 Å². The molecule has 1 unspecified atom stereocenters. The van der Waals surface area contributed by atoms with Crippen molar-refractivity contribution in [2.24, 2.45) is 5.73 Å². The van der Waals surface area contributed by atoms with E-state index in [4.69, 9.17) is 15.2 Å². The molecule has 0 aromatic heterocycles. The van der Waals surface area contributed by atoms with Gasteiger partial charge in [-0.2, -0.15) is 0 Å². The molecule has 3 nitrogen and oxygen atoms in total. The van der Waals surface area contributed by atoms with Crippen LogP contribution >= 0.6 is 0 Å². The molecule has 0 radical (unpaired) electrons. The summed E-state index contributed by atoms with van der Waals surface area (Å²) in [6, 6.07) is 13.9. The molecule has 3 heteroatoms. The summed E-state index contributed by atoms with van der Waals surface area (Å²) in [4.78, 5) is 0. The average molecular weight is 285 g/mol. The van der Waals surface area contributed by atoms with Crippen molar-refractivity contribution in [3.05, 3.63) is 53.6 Å². The molecule has 112 valence electrons. The summed E-state index contributed by atoms with van der Waals surface area (Å²) in [7, 11) is 0. The van der Waals surface area contributed by atoms with E-state index >= 15 is 0 Å². The second-order valence-corrected chi connectivity index (χ2v) is 5.28. The number of hydrogen-bond acceptors (Lipinski definition) is 3. The maximum absolute atomic E-state index is 5.87. The van der Waals surface area contributed by atoms with E-state index in [9.17, 15) is 0 Å². The summed E-state index contributed by atoms with van der Waals surface area (Å²) in [5.41, 5.74) is 8.32. The average Bonchev–Trinajstić information content (AvgIpc) is 2.44. The van der Waals surface area contributed by atoms with Crippen molar-refractivity contribution in [2.45, 2.75) is 33.2 Å². The fraction of sp³-hybridized carbons (Fsp3) is 0.333. The van der Waals surface area contributed by atoms with Crippen molar-refractivity contribution in [1.29, 1.82) is 0 Å². The summed E-state index contributed by atoms with van der Waals surface area (Å²) < 4.78 is 11.3. The van der Waals surface area contributed by atoms with E-state index in [1.165, 1.54) is 11.1 Å². The summed E-state index contributed by atoms with van der Waals surface area (Å²) in [6.07, 6.45) is 0.884. The zero-order valence-electron chi connectivity index (χ0n) is 12.9. The smallest absolute Gasteiger partial charge is 0.127 e. The van der Waals surface area contributed by atoms with Crippen LogP contribution in [0.1, 0.15) is 25.0 Å². The summed E-state index contributed by atoms with van der Waals surface area (Å²) in [6.45, 7) is 6.74. The summed E-state index contributed by atoms with van der Waals surface area (Å²) in [5.74, 6) is 2.50. The molecule has 0 aliphatic rings. The van der Waals surface area contributed by atoms with Crippen molar-refractivity contribution in [2.75, 3.05) is 6.61 Å². The van der Waals surface area contributed by atoms with E-state index in [0.717, 1.165) is 23.7 Å². The molecular formula is C18H23NO2. The maximum Gasteiger partial charge on any atom is 0.127 e. The molecular weight excluding hydrogens is 262 g/mol. The van der Waals surface area contributed by atoms with E-state index < -0.39 is 0 Å². The first-order chi connectivity index (χ1) is 10.1. The van der Waals surface area contributed by atoms with Crippen LogP contribution in [0.5, 0.6) is 17.2 Å². The highest BCUT2D eigenvalue weighted by Crippen LogP contribution is 2.26. The molecule has 0 spiro atoms. The molecule has 0 saturated carbocycles. The number of rotatable bonds is 6. The molecule has 0 aliphatic heterocycles. The summed E-state index contributed by atoms with van der Waals surface area (Å²) >= 11 is 0. The molecule has 1 atom stereocenters. The maximum atomic E-state index is 5.87. The fourth-order valence-corrected chi connectivity index (χ4v) is 2.21. The molecule has 0 fully saturated rings. The Hall–Kier alpha value is -2.00. The first-order valence-electron chi connectivity index (χ1n) is 7.34. The SMILES string of the molecule is CCOc1ccc(Oc2ccc(CC(C)N)c(C)c2)cc1. The van der Waals surface area contributed by atoms with Crippen LogP contribution in [-0.2, 0) is 6.42 Å². The first kappa shape index (κ1) is 15.4. The second-order valence-electron chi connectivity index (χ2n) is 5.28. The molecule has 2 aromatic rings. The van der Waals surface area contributed by atoms with Gasteiger partial charge in [-0.05, 0) is 74.7 Å². The van der Waals surface area contributed by atoms with Crippen molar-refractivity contribution >= 4 is 0 Å². The molecule has 0 saturated heterocycles. The van der Waals surface area contributed by atoms with Crippen LogP contribution in [0.3, 0.4) is 0 Å². The fourth-order valence-electron chi connectivity index (χ4n) is 2.21. The third kappa shape index (κ3) is 4.50. The van der Waals surface area contributed by atoms with Gasteiger partial charge < -0.3 is 15.2 Å². The minimum atomic E-state index is 0.168. The zero-order valence-corrected chi connectivity index (χ0v) is 12.9. The second kappa shape index (κ2) is 7.14. The minimum absolute atomic E-state index is 0.168. The van der Waals surface area contributed by atoms with Gasteiger partial charge in [0.15, 0.2) is 0 Å². The van der Waals surface area contributed by atoms with Crippen LogP contribution in [0.2, 0.25) is 0 Å². The van der Waals surface area contributed by atoms with Gasteiger partial charge in [0.2, 0.25) is 0 Å². The van der Waals surface area contributed by atoms with Crippen molar-refractivity contribution in [3.63, 3.8) is 0 Å². The predicted molar refractivity (Wildman–Crippen MR) is 86.2 cm³/mol. The van der Waals surface area contributed by atoms with Gasteiger partial charge in [-0.3, -0.25) is 0 Å². The van der Waals surface area contributed by atoms with E-state index in [0.29, 0.717) is 6.61 Å². The number of aryl methyl sites for hydroxylation is 1. The molecule has 2 aromatic carbocycles. The van der Waals surface area contributed by atoms with Crippen molar-refractivity contribution < 1.29 is 9.47 Å². The van der Waals surface area contributed by atoms with Crippen LogP contribution in [0, 0.1) is 6.92 Å². The topological polar surface area (TPSA) is 44.5 Å². The van der Waals surface area contributed by atoms with Crippen LogP contribution in [0.15, 0.2) is 42.5 Å². The lowest BCUT2D eigenvalue weighted by molar-refractivity contribution is 0.339. The Labute approximate surface area is 126 Å². The van der Waals surface area contributed by atoms with E-state index in [-0.39, 0.29) is 6.04 Å². The van der Waals surface area contributed by atoms with Gasteiger partial charge >= 0.3 is 0 Å². The highest BCUT2D eigenvalue weighted by Gasteiger charge is 2.05. The monoisotopic (exact) mass is 285 g/mol. The first-order valence-corrected chi connectivity index (χ1v) is 7.34. The molecule has 0 heterocycles. The Kier molecular flexibility index (Phi) is 5.23. The third-order valence-electron chi connectivity index (χ3n) is 3.23. The Morgan fingerprint density at radius 2 is 1.62 bits per heavy atom. The van der Waals surface area contributed by atoms with Gasteiger partial charge in [0.25, 0.3) is 0 Å². The third-order valence-corrected chi connectivity index (χ3v) is 3.23. The van der Waals surface area contributed by atoms with E-state index in [2.05, 4.69) is 13.0 Å². The lowest BCUT2D eigenvalue weighted by atomic mass is 10.0. The highest BCUT2D eigenvalue weighted by molar-refractivity contribution is 5.39. The van der Waals surface area contributed by atoms with E-state index in [1.54, 1.807) is 0 Å². The number of ether oxygens (including phenoxy) is 2. The lowest BCUT2D eigenvalue weighted by Crippen LogP contribution is -2.18. The van der Waals surface area contributed by atoms with Crippen molar-refractivity contribution in [1.82, 2.24) is 0 Å². The number of benzene rings is 2. The number of hydrogen-bond donors (Lipinski definition) is 1. The largest absolute Gasteiger partial charge is 0.494 e. The molecule has 0 bridgehead atoms. The number of nitrogens with two attached hydrogens (primary N) is 1. The molecule has 0 aliphatic carbocycles. The molecule has 21 heavy (non-hydrogen) atoms. The highest BCUT2D eigenvalue weighted by atomic mass is 16.5. The van der Waals surface area contributed by atoms with Crippen LogP contribution in [0.25, 0.3) is 0 Å². The van der Waals surface area contributed by atoms with Gasteiger partial charge in [0.1, 0.15) is 17.2 Å².